The van der Waals surface area contributed by atoms with Gasteiger partial charge in [-0.05, 0) is 53.5 Å². The topological polar surface area (TPSA) is 45.5 Å². The van der Waals surface area contributed by atoms with E-state index in [2.05, 4.69) is 50.8 Å². The summed E-state index contributed by atoms with van der Waals surface area (Å²) >= 11 is 0. The molecule has 0 aliphatic carbocycles. The average Bonchev–Trinajstić information content (AvgIpc) is 2.72. The maximum Gasteiger partial charge on any atom is 0.234 e. The van der Waals surface area contributed by atoms with Crippen molar-refractivity contribution in [1.29, 1.82) is 0 Å². The Balaban J connectivity index is 2.07. The molecule has 2 heterocycles. The summed E-state index contributed by atoms with van der Waals surface area (Å²) in [5.41, 5.74) is 3.27. The number of aryl methyl sites for hydroxylation is 2. The van der Waals surface area contributed by atoms with Gasteiger partial charge in [-0.25, -0.2) is 9.97 Å². The molecular formula is C14H23N5. The largest absolute Gasteiger partial charge is 0.320 e. The van der Waals surface area contributed by atoms with Crippen LogP contribution in [0.2, 0.25) is 0 Å². The molecule has 104 valence electrons. The third-order valence-electron chi connectivity index (χ3n) is 3.21. The van der Waals surface area contributed by atoms with Crippen molar-refractivity contribution in [3.63, 3.8) is 0 Å². The Hall–Kier alpha value is -1.46. The number of fused-ring (bicyclic) bond motifs is 1. The summed E-state index contributed by atoms with van der Waals surface area (Å²) in [6.45, 7) is 7.08. The van der Waals surface area contributed by atoms with Gasteiger partial charge in [0, 0.05) is 24.1 Å². The molecule has 0 bridgehead atoms. The van der Waals surface area contributed by atoms with Gasteiger partial charge in [0.1, 0.15) is 0 Å². The molecule has 2 rings (SSSR count). The first-order valence-electron chi connectivity index (χ1n) is 6.75. The van der Waals surface area contributed by atoms with Crippen molar-refractivity contribution in [2.75, 3.05) is 27.2 Å². The Labute approximate surface area is 114 Å². The van der Waals surface area contributed by atoms with Crippen LogP contribution in [-0.2, 0) is 6.54 Å². The van der Waals surface area contributed by atoms with Gasteiger partial charge < -0.3 is 10.2 Å². The minimum atomic E-state index is 0.802. The van der Waals surface area contributed by atoms with E-state index >= 15 is 0 Å². The van der Waals surface area contributed by atoms with Crippen LogP contribution in [0.1, 0.15) is 23.5 Å². The lowest BCUT2D eigenvalue weighted by Crippen LogP contribution is -2.22. The van der Waals surface area contributed by atoms with Crippen LogP contribution in [0.4, 0.5) is 0 Å². The molecule has 0 aromatic carbocycles. The molecule has 0 saturated carbocycles. The molecule has 5 heteroatoms. The molecule has 0 amide bonds. The van der Waals surface area contributed by atoms with Crippen LogP contribution in [0.15, 0.2) is 12.3 Å². The molecule has 0 fully saturated rings. The fourth-order valence-electron chi connectivity index (χ4n) is 2.28. The predicted molar refractivity (Wildman–Crippen MR) is 77.3 cm³/mol. The van der Waals surface area contributed by atoms with Gasteiger partial charge in [0.15, 0.2) is 0 Å². The predicted octanol–water partition coefficient (Wildman–Crippen LogP) is 1.39. The lowest BCUT2D eigenvalue weighted by Gasteiger charge is -2.14. The number of aromatic nitrogens is 3. The summed E-state index contributed by atoms with van der Waals surface area (Å²) in [7, 11) is 4.12. The zero-order valence-corrected chi connectivity index (χ0v) is 12.3. The van der Waals surface area contributed by atoms with Crippen molar-refractivity contribution < 1.29 is 0 Å². The van der Waals surface area contributed by atoms with Crippen LogP contribution in [0.25, 0.3) is 5.78 Å². The Morgan fingerprint density at radius 3 is 2.84 bits per heavy atom. The Morgan fingerprint density at radius 1 is 1.32 bits per heavy atom. The van der Waals surface area contributed by atoms with E-state index in [0.717, 1.165) is 43.2 Å². The molecule has 0 spiro atoms. The molecule has 1 N–H and O–H groups in total. The number of hydrogen-bond acceptors (Lipinski definition) is 4. The molecule has 0 radical (unpaired) electrons. The summed E-state index contributed by atoms with van der Waals surface area (Å²) in [6, 6.07) is 2.08. The summed E-state index contributed by atoms with van der Waals surface area (Å²) in [5, 5.41) is 3.17. The van der Waals surface area contributed by atoms with Crippen LogP contribution < -0.4 is 5.32 Å². The molecule has 5 nitrogen and oxygen atoms in total. The molecule has 0 aliphatic heterocycles. The van der Waals surface area contributed by atoms with Gasteiger partial charge in [0.25, 0.3) is 0 Å². The zero-order chi connectivity index (χ0) is 13.8. The molecule has 2 aromatic heterocycles. The fraction of sp³-hybridized carbons (Fsp3) is 0.571. The normalized spacial score (nSPS) is 11.6. The van der Waals surface area contributed by atoms with E-state index in [-0.39, 0.29) is 0 Å². The monoisotopic (exact) mass is 261 g/mol. The zero-order valence-electron chi connectivity index (χ0n) is 12.3. The Morgan fingerprint density at radius 2 is 2.11 bits per heavy atom. The lowest BCUT2D eigenvalue weighted by atomic mass is 10.3. The van der Waals surface area contributed by atoms with E-state index in [0.29, 0.717) is 0 Å². The quantitative estimate of drug-likeness (QED) is 0.798. The Bertz CT molecular complexity index is 546. The molecule has 19 heavy (non-hydrogen) atoms. The average molecular weight is 261 g/mol. The van der Waals surface area contributed by atoms with Gasteiger partial charge in [0.05, 0.1) is 5.69 Å². The first-order chi connectivity index (χ1) is 9.10. The second kappa shape index (κ2) is 6.12. The second-order valence-electron chi connectivity index (χ2n) is 5.14. The SMILES string of the molecule is CNCCCN(C)Cc1cn2c(C)cc(C)nc2n1. The standard InChI is InChI=1S/C14H23N5/c1-11-8-12(2)19-10-13(17-14(19)16-11)9-18(4)7-5-6-15-3/h8,10,15H,5-7,9H2,1-4H3. The third kappa shape index (κ3) is 3.52. The number of imidazole rings is 1. The molecule has 2 aromatic rings. The minimum absolute atomic E-state index is 0.802. The van der Waals surface area contributed by atoms with E-state index in [4.69, 9.17) is 0 Å². The van der Waals surface area contributed by atoms with Crippen molar-refractivity contribution in [3.05, 3.63) is 29.3 Å². The van der Waals surface area contributed by atoms with Crippen LogP contribution in [0.3, 0.4) is 0 Å². The van der Waals surface area contributed by atoms with E-state index in [9.17, 15) is 0 Å². The van der Waals surface area contributed by atoms with Gasteiger partial charge >= 0.3 is 0 Å². The lowest BCUT2D eigenvalue weighted by molar-refractivity contribution is 0.318. The third-order valence-corrected chi connectivity index (χ3v) is 3.21. The van der Waals surface area contributed by atoms with E-state index in [1.165, 1.54) is 5.69 Å². The van der Waals surface area contributed by atoms with E-state index in [1.807, 2.05) is 14.0 Å². The number of rotatable bonds is 6. The van der Waals surface area contributed by atoms with Crippen LogP contribution >= 0.6 is 0 Å². The molecular weight excluding hydrogens is 238 g/mol. The smallest absolute Gasteiger partial charge is 0.234 e. The molecule has 0 atom stereocenters. The van der Waals surface area contributed by atoms with Gasteiger partial charge in [-0.3, -0.25) is 4.40 Å². The van der Waals surface area contributed by atoms with Gasteiger partial charge in [0.2, 0.25) is 5.78 Å². The summed E-state index contributed by atoms with van der Waals surface area (Å²) in [5.74, 6) is 0.802. The van der Waals surface area contributed by atoms with Gasteiger partial charge in [-0.15, -0.1) is 0 Å². The van der Waals surface area contributed by atoms with Crippen LogP contribution in [0, 0.1) is 13.8 Å². The maximum absolute atomic E-state index is 4.60. The van der Waals surface area contributed by atoms with Crippen molar-refractivity contribution >= 4 is 5.78 Å². The summed E-state index contributed by atoms with van der Waals surface area (Å²) in [4.78, 5) is 11.4. The van der Waals surface area contributed by atoms with Crippen molar-refractivity contribution in [1.82, 2.24) is 24.6 Å². The highest BCUT2D eigenvalue weighted by molar-refractivity contribution is 5.34. The van der Waals surface area contributed by atoms with Crippen LogP contribution in [-0.4, -0.2) is 46.5 Å². The van der Waals surface area contributed by atoms with E-state index < -0.39 is 0 Å². The first kappa shape index (κ1) is 14.0. The first-order valence-corrected chi connectivity index (χ1v) is 6.75. The van der Waals surface area contributed by atoms with Gasteiger partial charge in [-0.2, -0.15) is 0 Å². The fourth-order valence-corrected chi connectivity index (χ4v) is 2.28. The molecule has 0 aliphatic rings. The summed E-state index contributed by atoms with van der Waals surface area (Å²) < 4.78 is 2.06. The number of hydrogen-bond donors (Lipinski definition) is 1. The Kier molecular flexibility index (Phi) is 4.50. The highest BCUT2D eigenvalue weighted by Crippen LogP contribution is 2.09. The minimum Gasteiger partial charge on any atom is -0.320 e. The molecule has 0 saturated heterocycles. The van der Waals surface area contributed by atoms with Gasteiger partial charge in [-0.1, -0.05) is 0 Å². The second-order valence-corrected chi connectivity index (χ2v) is 5.14. The maximum atomic E-state index is 4.60. The van der Waals surface area contributed by atoms with Crippen molar-refractivity contribution in [2.24, 2.45) is 0 Å². The highest BCUT2D eigenvalue weighted by Gasteiger charge is 2.07. The highest BCUT2D eigenvalue weighted by atomic mass is 15.1. The van der Waals surface area contributed by atoms with Crippen molar-refractivity contribution in [3.8, 4) is 0 Å². The summed E-state index contributed by atoms with van der Waals surface area (Å²) in [6.07, 6.45) is 3.24. The van der Waals surface area contributed by atoms with E-state index in [1.54, 1.807) is 0 Å². The van der Waals surface area contributed by atoms with Crippen molar-refractivity contribution in [2.45, 2.75) is 26.8 Å². The number of nitrogens with zero attached hydrogens (tertiary/aromatic N) is 4. The number of nitrogens with one attached hydrogen (secondary N) is 1. The van der Waals surface area contributed by atoms with Crippen LogP contribution in [0.5, 0.6) is 0 Å². The molecule has 0 unspecified atom stereocenters.